The third-order valence-corrected chi connectivity index (χ3v) is 3.83. The van der Waals surface area contributed by atoms with Crippen LogP contribution in [0, 0.1) is 5.41 Å². The summed E-state index contributed by atoms with van der Waals surface area (Å²) in [5, 5.41) is 4.24. The van der Waals surface area contributed by atoms with E-state index in [1.807, 2.05) is 0 Å². The molecule has 0 aliphatic carbocycles. The quantitative estimate of drug-likeness (QED) is 0.618. The zero-order chi connectivity index (χ0) is 12.7. The largest absolute Gasteiger partial charge is 0.385 e. The van der Waals surface area contributed by atoms with Crippen LogP contribution in [0.25, 0.3) is 0 Å². The highest BCUT2D eigenvalue weighted by atomic mass is 32.1. The molecule has 0 amide bonds. The van der Waals surface area contributed by atoms with E-state index in [1.54, 1.807) is 7.11 Å². The predicted molar refractivity (Wildman–Crippen MR) is 76.3 cm³/mol. The Morgan fingerprint density at radius 2 is 2.12 bits per heavy atom. The fraction of sp³-hybridized carbons (Fsp3) is 0.923. The van der Waals surface area contributed by atoms with E-state index in [1.165, 1.54) is 19.3 Å². The molecule has 0 saturated carbocycles. The molecule has 0 radical (unpaired) electrons. The molecule has 0 atom stereocenters. The Labute approximate surface area is 111 Å². The fourth-order valence-corrected chi connectivity index (χ4v) is 2.43. The van der Waals surface area contributed by atoms with Crippen molar-refractivity contribution < 1.29 is 4.74 Å². The first kappa shape index (κ1) is 14.7. The van der Waals surface area contributed by atoms with Crippen LogP contribution in [0.3, 0.4) is 0 Å². The van der Waals surface area contributed by atoms with Gasteiger partial charge in [-0.05, 0) is 43.3 Å². The van der Waals surface area contributed by atoms with Crippen molar-refractivity contribution in [2.45, 2.75) is 39.5 Å². The van der Waals surface area contributed by atoms with Crippen LogP contribution in [0.5, 0.6) is 0 Å². The molecule has 4 heteroatoms. The number of likely N-dealkylation sites (tertiary alicyclic amines) is 1. The number of nitrogens with one attached hydrogen (secondary N) is 1. The predicted octanol–water partition coefficient (Wildman–Crippen LogP) is 2.41. The van der Waals surface area contributed by atoms with Gasteiger partial charge in [0, 0.05) is 33.4 Å². The Hall–Kier alpha value is -0.350. The van der Waals surface area contributed by atoms with Crippen molar-refractivity contribution in [3.05, 3.63) is 0 Å². The van der Waals surface area contributed by atoms with Crippen LogP contribution in [0.4, 0.5) is 0 Å². The summed E-state index contributed by atoms with van der Waals surface area (Å²) < 4.78 is 5.02. The molecule has 100 valence electrons. The monoisotopic (exact) mass is 258 g/mol. The van der Waals surface area contributed by atoms with E-state index in [4.69, 9.17) is 17.0 Å². The minimum Gasteiger partial charge on any atom is -0.385 e. The smallest absolute Gasteiger partial charge is 0.168 e. The summed E-state index contributed by atoms with van der Waals surface area (Å²) in [6, 6.07) is 0. The second-order valence-electron chi connectivity index (χ2n) is 5.58. The molecule has 1 N–H and O–H groups in total. The zero-order valence-electron chi connectivity index (χ0n) is 11.4. The normalized spacial score (nSPS) is 19.8. The molecule has 3 nitrogen and oxygen atoms in total. The highest BCUT2D eigenvalue weighted by Gasteiger charge is 2.23. The molecule has 1 saturated heterocycles. The lowest BCUT2D eigenvalue weighted by atomic mass is 9.85. The Morgan fingerprint density at radius 3 is 2.82 bits per heavy atom. The van der Waals surface area contributed by atoms with Crippen molar-refractivity contribution in [1.29, 1.82) is 0 Å². The molecule has 1 aliphatic rings. The minimum absolute atomic E-state index is 0.473. The summed E-state index contributed by atoms with van der Waals surface area (Å²) in [6.45, 7) is 8.59. The second kappa shape index (κ2) is 7.17. The molecule has 0 aromatic rings. The van der Waals surface area contributed by atoms with E-state index >= 15 is 0 Å². The van der Waals surface area contributed by atoms with Gasteiger partial charge in [-0.15, -0.1) is 0 Å². The Bertz CT molecular complexity index is 244. The van der Waals surface area contributed by atoms with Gasteiger partial charge in [0.15, 0.2) is 5.11 Å². The van der Waals surface area contributed by atoms with E-state index in [2.05, 4.69) is 24.1 Å². The maximum atomic E-state index is 5.43. The van der Waals surface area contributed by atoms with Gasteiger partial charge in [0.25, 0.3) is 0 Å². The van der Waals surface area contributed by atoms with E-state index in [0.717, 1.165) is 37.8 Å². The molecule has 0 aromatic heterocycles. The number of hydrogen-bond donors (Lipinski definition) is 1. The highest BCUT2D eigenvalue weighted by molar-refractivity contribution is 7.80. The first-order chi connectivity index (χ1) is 8.05. The molecule has 0 bridgehead atoms. The number of ether oxygens (including phenoxy) is 1. The standard InChI is InChI=1S/C13H26N2OS/c1-13(2)6-4-9-15(10-7-13)12(17)14-8-5-11-16-3/h4-11H2,1-3H3,(H,14,17). The molecular weight excluding hydrogens is 232 g/mol. The average Bonchev–Trinajstić information content (AvgIpc) is 2.45. The third-order valence-electron chi connectivity index (χ3n) is 3.43. The summed E-state index contributed by atoms with van der Waals surface area (Å²) in [5.41, 5.74) is 0.473. The molecule has 0 aromatic carbocycles. The van der Waals surface area contributed by atoms with E-state index < -0.39 is 0 Å². The van der Waals surface area contributed by atoms with Gasteiger partial charge >= 0.3 is 0 Å². The molecule has 1 fully saturated rings. The SMILES string of the molecule is COCCCNC(=S)N1CCCC(C)(C)CC1. The molecule has 0 unspecified atom stereocenters. The van der Waals surface area contributed by atoms with Gasteiger partial charge in [0.05, 0.1) is 0 Å². The average molecular weight is 258 g/mol. The van der Waals surface area contributed by atoms with Crippen LogP contribution < -0.4 is 5.32 Å². The van der Waals surface area contributed by atoms with E-state index in [9.17, 15) is 0 Å². The van der Waals surface area contributed by atoms with Crippen molar-refractivity contribution in [3.8, 4) is 0 Å². The van der Waals surface area contributed by atoms with E-state index in [0.29, 0.717) is 5.41 Å². The minimum atomic E-state index is 0.473. The summed E-state index contributed by atoms with van der Waals surface area (Å²) in [4.78, 5) is 2.32. The first-order valence-electron chi connectivity index (χ1n) is 6.57. The van der Waals surface area contributed by atoms with Gasteiger partial charge < -0.3 is 15.0 Å². The third kappa shape index (κ3) is 5.68. The van der Waals surface area contributed by atoms with Gasteiger partial charge in [-0.1, -0.05) is 13.8 Å². The van der Waals surface area contributed by atoms with Gasteiger partial charge in [0.2, 0.25) is 0 Å². The lowest BCUT2D eigenvalue weighted by Gasteiger charge is -2.25. The Kier molecular flexibility index (Phi) is 6.20. The lowest BCUT2D eigenvalue weighted by Crippen LogP contribution is -2.41. The molecule has 1 heterocycles. The molecule has 1 aliphatic heterocycles. The summed E-state index contributed by atoms with van der Waals surface area (Å²) in [5.74, 6) is 0. The molecular formula is C13H26N2OS. The molecule has 1 rings (SSSR count). The maximum absolute atomic E-state index is 5.43. The van der Waals surface area contributed by atoms with Gasteiger partial charge in [-0.3, -0.25) is 0 Å². The number of nitrogens with zero attached hydrogens (tertiary/aromatic N) is 1. The van der Waals surface area contributed by atoms with Crippen LogP contribution in [-0.4, -0.2) is 43.4 Å². The summed E-state index contributed by atoms with van der Waals surface area (Å²) >= 11 is 5.43. The summed E-state index contributed by atoms with van der Waals surface area (Å²) in [6.07, 6.45) is 4.78. The number of rotatable bonds is 4. The lowest BCUT2D eigenvalue weighted by molar-refractivity contribution is 0.195. The summed E-state index contributed by atoms with van der Waals surface area (Å²) in [7, 11) is 1.73. The van der Waals surface area contributed by atoms with E-state index in [-0.39, 0.29) is 0 Å². The molecule has 17 heavy (non-hydrogen) atoms. The van der Waals surface area contributed by atoms with Gasteiger partial charge in [-0.2, -0.15) is 0 Å². The van der Waals surface area contributed by atoms with Crippen LogP contribution in [-0.2, 0) is 4.74 Å². The van der Waals surface area contributed by atoms with Crippen molar-refractivity contribution in [1.82, 2.24) is 10.2 Å². The van der Waals surface area contributed by atoms with Crippen molar-refractivity contribution >= 4 is 17.3 Å². The fourth-order valence-electron chi connectivity index (χ4n) is 2.15. The Morgan fingerprint density at radius 1 is 1.35 bits per heavy atom. The van der Waals surface area contributed by atoms with Crippen LogP contribution in [0.1, 0.15) is 39.5 Å². The van der Waals surface area contributed by atoms with Crippen molar-refractivity contribution in [3.63, 3.8) is 0 Å². The number of methoxy groups -OCH3 is 1. The van der Waals surface area contributed by atoms with Gasteiger partial charge in [0.1, 0.15) is 0 Å². The van der Waals surface area contributed by atoms with Gasteiger partial charge in [-0.25, -0.2) is 0 Å². The topological polar surface area (TPSA) is 24.5 Å². The second-order valence-corrected chi connectivity index (χ2v) is 5.97. The zero-order valence-corrected chi connectivity index (χ0v) is 12.2. The Balaban J connectivity index is 2.27. The highest BCUT2D eigenvalue weighted by Crippen LogP contribution is 2.29. The number of thiocarbonyl (C=S) groups is 1. The number of hydrogen-bond acceptors (Lipinski definition) is 2. The van der Waals surface area contributed by atoms with Crippen LogP contribution in [0.2, 0.25) is 0 Å². The van der Waals surface area contributed by atoms with Crippen LogP contribution >= 0.6 is 12.2 Å². The van der Waals surface area contributed by atoms with Crippen molar-refractivity contribution in [2.75, 3.05) is 33.4 Å². The maximum Gasteiger partial charge on any atom is 0.168 e. The van der Waals surface area contributed by atoms with Crippen molar-refractivity contribution in [2.24, 2.45) is 5.41 Å². The van der Waals surface area contributed by atoms with Crippen LogP contribution in [0.15, 0.2) is 0 Å². The molecule has 0 spiro atoms. The first-order valence-corrected chi connectivity index (χ1v) is 6.98.